The fourth-order valence-corrected chi connectivity index (χ4v) is 1.97. The minimum absolute atomic E-state index is 0.0460. The minimum Gasteiger partial charge on any atom is -0.356 e. The Kier molecular flexibility index (Phi) is 5.97. The van der Waals surface area contributed by atoms with Crippen molar-refractivity contribution in [3.05, 3.63) is 0 Å². The highest BCUT2D eigenvalue weighted by Gasteiger charge is 2.16. The Morgan fingerprint density at radius 2 is 2.18 bits per heavy atom. The van der Waals surface area contributed by atoms with Crippen LogP contribution < -0.4 is 10.6 Å². The lowest BCUT2D eigenvalue weighted by Crippen LogP contribution is -2.35. The average molecular weight is 241 g/mol. The van der Waals surface area contributed by atoms with E-state index in [1.165, 1.54) is 4.90 Å². The number of carbonyl (C=O) groups excluding carboxylic acids is 2. The van der Waals surface area contributed by atoms with E-state index in [0.717, 1.165) is 25.9 Å². The number of hydrogen-bond donors (Lipinski definition) is 2. The summed E-state index contributed by atoms with van der Waals surface area (Å²) in [5.74, 6) is 0.559. The van der Waals surface area contributed by atoms with Crippen molar-refractivity contribution in [2.45, 2.75) is 25.7 Å². The second kappa shape index (κ2) is 7.27. The molecule has 0 aromatic carbocycles. The molecular formula is C12H23N3O2. The van der Waals surface area contributed by atoms with E-state index in [0.29, 0.717) is 25.3 Å². The Morgan fingerprint density at radius 1 is 1.41 bits per heavy atom. The van der Waals surface area contributed by atoms with Gasteiger partial charge in [0, 0.05) is 33.5 Å². The van der Waals surface area contributed by atoms with Crippen molar-refractivity contribution in [1.82, 2.24) is 15.5 Å². The molecule has 5 nitrogen and oxygen atoms in total. The molecule has 0 bridgehead atoms. The number of nitrogens with one attached hydrogen (secondary N) is 2. The molecule has 0 aromatic rings. The summed E-state index contributed by atoms with van der Waals surface area (Å²) in [7, 11) is 3.44. The number of rotatable bonds is 5. The molecule has 0 radical (unpaired) electrons. The Hall–Kier alpha value is -1.10. The van der Waals surface area contributed by atoms with Crippen LogP contribution in [0.25, 0.3) is 0 Å². The standard InChI is InChI=1S/C12H23N3O2/c1-15(2)12(17)5-7-14-11(16)8-10-4-3-6-13-9-10/h10,13H,3-9H2,1-2H3,(H,14,16). The quantitative estimate of drug-likeness (QED) is 0.710. The van der Waals surface area contributed by atoms with E-state index in [2.05, 4.69) is 10.6 Å². The number of amides is 2. The summed E-state index contributed by atoms with van der Waals surface area (Å²) in [5, 5.41) is 6.09. The highest BCUT2D eigenvalue weighted by atomic mass is 16.2. The minimum atomic E-state index is 0.0460. The van der Waals surface area contributed by atoms with Gasteiger partial charge in [-0.05, 0) is 31.8 Å². The first-order valence-corrected chi connectivity index (χ1v) is 6.27. The van der Waals surface area contributed by atoms with E-state index in [4.69, 9.17) is 0 Å². The monoisotopic (exact) mass is 241 g/mol. The molecule has 1 atom stereocenters. The lowest BCUT2D eigenvalue weighted by Gasteiger charge is -2.22. The van der Waals surface area contributed by atoms with Crippen LogP contribution in [0.2, 0.25) is 0 Å². The van der Waals surface area contributed by atoms with Crippen molar-refractivity contribution >= 4 is 11.8 Å². The zero-order valence-electron chi connectivity index (χ0n) is 10.8. The van der Waals surface area contributed by atoms with E-state index in [9.17, 15) is 9.59 Å². The first-order valence-electron chi connectivity index (χ1n) is 6.27. The van der Waals surface area contributed by atoms with Gasteiger partial charge in [0.25, 0.3) is 0 Å². The smallest absolute Gasteiger partial charge is 0.223 e. The molecule has 1 heterocycles. The van der Waals surface area contributed by atoms with Crippen molar-refractivity contribution in [3.63, 3.8) is 0 Å². The molecule has 0 aliphatic carbocycles. The topological polar surface area (TPSA) is 61.4 Å². The van der Waals surface area contributed by atoms with Crippen molar-refractivity contribution < 1.29 is 9.59 Å². The van der Waals surface area contributed by atoms with Gasteiger partial charge in [0.05, 0.1) is 0 Å². The molecule has 2 N–H and O–H groups in total. The van der Waals surface area contributed by atoms with Crippen LogP contribution in [0.3, 0.4) is 0 Å². The van der Waals surface area contributed by atoms with Crippen LogP contribution in [0.1, 0.15) is 25.7 Å². The van der Waals surface area contributed by atoms with E-state index >= 15 is 0 Å². The maximum atomic E-state index is 11.6. The Bertz CT molecular complexity index is 260. The lowest BCUT2D eigenvalue weighted by atomic mass is 9.96. The average Bonchev–Trinajstić information content (AvgIpc) is 2.30. The Balaban J connectivity index is 2.10. The molecule has 1 unspecified atom stereocenters. The van der Waals surface area contributed by atoms with Crippen LogP contribution in [-0.2, 0) is 9.59 Å². The van der Waals surface area contributed by atoms with E-state index in [1.807, 2.05) is 0 Å². The molecule has 0 spiro atoms. The molecule has 98 valence electrons. The molecule has 1 saturated heterocycles. The molecular weight excluding hydrogens is 218 g/mol. The molecule has 0 aromatic heterocycles. The van der Waals surface area contributed by atoms with Gasteiger partial charge in [-0.2, -0.15) is 0 Å². The van der Waals surface area contributed by atoms with E-state index in [-0.39, 0.29) is 11.8 Å². The van der Waals surface area contributed by atoms with Crippen LogP contribution in [-0.4, -0.2) is 50.4 Å². The van der Waals surface area contributed by atoms with Gasteiger partial charge in [0.2, 0.25) is 11.8 Å². The van der Waals surface area contributed by atoms with Crippen molar-refractivity contribution in [2.75, 3.05) is 33.7 Å². The molecule has 1 aliphatic heterocycles. The van der Waals surface area contributed by atoms with Gasteiger partial charge in [-0.3, -0.25) is 9.59 Å². The van der Waals surface area contributed by atoms with Gasteiger partial charge in [0.1, 0.15) is 0 Å². The molecule has 0 saturated carbocycles. The van der Waals surface area contributed by atoms with Gasteiger partial charge in [-0.1, -0.05) is 0 Å². The van der Waals surface area contributed by atoms with Crippen LogP contribution >= 0.6 is 0 Å². The Morgan fingerprint density at radius 3 is 2.76 bits per heavy atom. The molecule has 2 amide bonds. The summed E-state index contributed by atoms with van der Waals surface area (Å²) in [6, 6.07) is 0. The van der Waals surface area contributed by atoms with Crippen LogP contribution in [0, 0.1) is 5.92 Å². The maximum absolute atomic E-state index is 11.6. The predicted octanol–water partition coefficient (Wildman–Crippen LogP) is -0.0294. The van der Waals surface area contributed by atoms with Gasteiger partial charge >= 0.3 is 0 Å². The summed E-state index contributed by atoms with van der Waals surface area (Å²) < 4.78 is 0. The third kappa shape index (κ3) is 5.68. The van der Waals surface area contributed by atoms with Gasteiger partial charge < -0.3 is 15.5 Å². The van der Waals surface area contributed by atoms with Crippen LogP contribution in [0.4, 0.5) is 0 Å². The second-order valence-electron chi connectivity index (χ2n) is 4.80. The fourth-order valence-electron chi connectivity index (χ4n) is 1.97. The molecule has 1 fully saturated rings. The number of piperidine rings is 1. The maximum Gasteiger partial charge on any atom is 0.223 e. The first-order chi connectivity index (χ1) is 8.09. The number of nitrogens with zero attached hydrogens (tertiary/aromatic N) is 1. The van der Waals surface area contributed by atoms with Crippen LogP contribution in [0.15, 0.2) is 0 Å². The zero-order chi connectivity index (χ0) is 12.7. The highest BCUT2D eigenvalue weighted by Crippen LogP contribution is 2.13. The zero-order valence-corrected chi connectivity index (χ0v) is 10.8. The predicted molar refractivity (Wildman–Crippen MR) is 66.5 cm³/mol. The fraction of sp³-hybridized carbons (Fsp3) is 0.833. The molecule has 1 aliphatic rings. The SMILES string of the molecule is CN(C)C(=O)CCNC(=O)CC1CCCNC1. The third-order valence-corrected chi connectivity index (χ3v) is 3.03. The second-order valence-corrected chi connectivity index (χ2v) is 4.80. The molecule has 1 rings (SSSR count). The number of carbonyl (C=O) groups is 2. The Labute approximate surface area is 103 Å². The molecule has 17 heavy (non-hydrogen) atoms. The van der Waals surface area contributed by atoms with Gasteiger partial charge in [-0.15, -0.1) is 0 Å². The summed E-state index contributed by atoms with van der Waals surface area (Å²) >= 11 is 0. The lowest BCUT2D eigenvalue weighted by molar-refractivity contribution is -0.128. The van der Waals surface area contributed by atoms with Crippen molar-refractivity contribution in [3.8, 4) is 0 Å². The van der Waals surface area contributed by atoms with Gasteiger partial charge in [-0.25, -0.2) is 0 Å². The molecule has 5 heteroatoms. The normalized spacial score (nSPS) is 19.8. The third-order valence-electron chi connectivity index (χ3n) is 3.03. The summed E-state index contributed by atoms with van der Waals surface area (Å²) in [4.78, 5) is 24.4. The highest BCUT2D eigenvalue weighted by molar-refractivity contribution is 5.78. The van der Waals surface area contributed by atoms with Gasteiger partial charge in [0.15, 0.2) is 0 Å². The number of hydrogen-bond acceptors (Lipinski definition) is 3. The first kappa shape index (κ1) is 14.0. The summed E-state index contributed by atoms with van der Waals surface area (Å²) in [6.45, 7) is 2.44. The van der Waals surface area contributed by atoms with Crippen molar-refractivity contribution in [1.29, 1.82) is 0 Å². The van der Waals surface area contributed by atoms with E-state index in [1.54, 1.807) is 14.1 Å². The summed E-state index contributed by atoms with van der Waals surface area (Å²) in [6.07, 6.45) is 3.22. The largest absolute Gasteiger partial charge is 0.356 e. The summed E-state index contributed by atoms with van der Waals surface area (Å²) in [5.41, 5.74) is 0. The van der Waals surface area contributed by atoms with Crippen LogP contribution in [0.5, 0.6) is 0 Å². The van der Waals surface area contributed by atoms with Crippen molar-refractivity contribution in [2.24, 2.45) is 5.92 Å². The van der Waals surface area contributed by atoms with E-state index < -0.39 is 0 Å².